The predicted octanol–water partition coefficient (Wildman–Crippen LogP) is 7.24. The molecule has 1 heterocycles. The number of amides is 1. The largest absolute Gasteiger partial charge is 0.495 e. The van der Waals surface area contributed by atoms with E-state index >= 15 is 0 Å². The first-order valence-corrected chi connectivity index (χ1v) is 12.0. The molecule has 1 aliphatic heterocycles. The van der Waals surface area contributed by atoms with Crippen molar-refractivity contribution < 1.29 is 18.7 Å². The van der Waals surface area contributed by atoms with Gasteiger partial charge in [-0.05, 0) is 75.6 Å². The van der Waals surface area contributed by atoms with Crippen LogP contribution >= 0.6 is 51.5 Å². The molecule has 4 rings (SSSR count). The number of hydrogen-bond donors (Lipinski definition) is 0. The van der Waals surface area contributed by atoms with E-state index in [0.29, 0.717) is 38.0 Å². The van der Waals surface area contributed by atoms with Gasteiger partial charge in [-0.15, -0.1) is 0 Å². The highest BCUT2D eigenvalue weighted by molar-refractivity contribution is 9.10. The fourth-order valence-electron chi connectivity index (χ4n) is 3.10. The molecule has 1 amide bonds. The number of nitrogens with zero attached hydrogens (tertiary/aromatic N) is 1. The predicted molar refractivity (Wildman–Crippen MR) is 139 cm³/mol. The van der Waals surface area contributed by atoms with Crippen LogP contribution in [0.5, 0.6) is 11.5 Å². The Morgan fingerprint density at radius 2 is 1.85 bits per heavy atom. The van der Waals surface area contributed by atoms with Gasteiger partial charge in [-0.2, -0.15) is 0 Å². The van der Waals surface area contributed by atoms with Crippen molar-refractivity contribution in [2.45, 2.75) is 6.61 Å². The van der Waals surface area contributed by atoms with Crippen molar-refractivity contribution in [3.8, 4) is 11.5 Å². The maximum atomic E-state index is 13.0. The molecule has 1 saturated heterocycles. The molecule has 3 aromatic rings. The van der Waals surface area contributed by atoms with Crippen molar-refractivity contribution in [3.05, 3.63) is 92.0 Å². The molecule has 1 aliphatic rings. The van der Waals surface area contributed by atoms with Crippen LogP contribution in [0.15, 0.2) is 70.0 Å². The Labute approximate surface area is 213 Å². The SMILES string of the molecule is COc1ccc(N2C(=O)/C(=C/c3ccc(OCc4ccc(F)cc4)c(Br)c3)SC2=S)cc1Cl. The molecular formula is C24H16BrClFNO3S2. The molecule has 1 fully saturated rings. The van der Waals surface area contributed by atoms with Gasteiger partial charge < -0.3 is 9.47 Å². The third kappa shape index (κ3) is 5.41. The standard InChI is InChI=1S/C24H16BrClFNO3S2/c1-30-21-9-7-17(12-19(21)26)28-23(29)22(33-24(28)32)11-15-4-8-20(18(25)10-15)31-13-14-2-5-16(27)6-3-14/h2-12H,13H2,1H3/b22-11-. The minimum absolute atomic E-state index is 0.223. The van der Waals surface area contributed by atoms with Crippen molar-refractivity contribution in [1.29, 1.82) is 0 Å². The second-order valence-electron chi connectivity index (χ2n) is 6.94. The molecule has 0 atom stereocenters. The molecule has 4 nitrogen and oxygen atoms in total. The molecule has 0 aromatic heterocycles. The zero-order valence-corrected chi connectivity index (χ0v) is 21.2. The van der Waals surface area contributed by atoms with Crippen LogP contribution in [0, 0.1) is 5.82 Å². The van der Waals surface area contributed by atoms with Gasteiger partial charge in [0.05, 0.1) is 27.2 Å². The van der Waals surface area contributed by atoms with E-state index in [4.69, 9.17) is 33.3 Å². The minimum atomic E-state index is -0.287. The number of anilines is 1. The van der Waals surface area contributed by atoms with Gasteiger partial charge in [0.2, 0.25) is 0 Å². The van der Waals surface area contributed by atoms with E-state index in [1.807, 2.05) is 18.2 Å². The highest BCUT2D eigenvalue weighted by atomic mass is 79.9. The third-order valence-corrected chi connectivity index (χ3v) is 6.97. The molecule has 3 aromatic carbocycles. The minimum Gasteiger partial charge on any atom is -0.495 e. The second-order valence-corrected chi connectivity index (χ2v) is 9.88. The van der Waals surface area contributed by atoms with Crippen LogP contribution < -0.4 is 14.4 Å². The summed E-state index contributed by atoms with van der Waals surface area (Å²) in [4.78, 5) is 15.0. The molecule has 0 N–H and O–H groups in total. The number of hydrogen-bond acceptors (Lipinski definition) is 5. The Balaban J connectivity index is 1.50. The lowest BCUT2D eigenvalue weighted by Crippen LogP contribution is -2.27. The van der Waals surface area contributed by atoms with E-state index < -0.39 is 0 Å². The smallest absolute Gasteiger partial charge is 0.270 e. The Bertz CT molecular complexity index is 1270. The number of ether oxygens (including phenoxy) is 2. The van der Waals surface area contributed by atoms with E-state index in [0.717, 1.165) is 15.6 Å². The van der Waals surface area contributed by atoms with Crippen LogP contribution in [0.1, 0.15) is 11.1 Å². The van der Waals surface area contributed by atoms with Crippen molar-refractivity contribution >= 4 is 73.5 Å². The number of thioether (sulfide) groups is 1. The Kier molecular flexibility index (Phi) is 7.38. The number of methoxy groups -OCH3 is 1. The monoisotopic (exact) mass is 563 g/mol. The van der Waals surface area contributed by atoms with E-state index in [1.165, 1.54) is 35.9 Å². The maximum Gasteiger partial charge on any atom is 0.270 e. The average Bonchev–Trinajstić information content (AvgIpc) is 3.07. The van der Waals surface area contributed by atoms with E-state index in [-0.39, 0.29) is 11.7 Å². The summed E-state index contributed by atoms with van der Waals surface area (Å²) in [6, 6.07) is 16.7. The summed E-state index contributed by atoms with van der Waals surface area (Å²) in [6.07, 6.45) is 1.78. The van der Waals surface area contributed by atoms with Gasteiger partial charge in [0, 0.05) is 0 Å². The topological polar surface area (TPSA) is 38.8 Å². The van der Waals surface area contributed by atoms with Crippen LogP contribution in [-0.2, 0) is 11.4 Å². The molecule has 0 aliphatic carbocycles. The van der Waals surface area contributed by atoms with E-state index in [9.17, 15) is 9.18 Å². The lowest BCUT2D eigenvalue weighted by molar-refractivity contribution is -0.113. The lowest BCUT2D eigenvalue weighted by atomic mass is 10.2. The normalized spacial score (nSPS) is 14.8. The Morgan fingerprint density at radius 3 is 2.52 bits per heavy atom. The molecular weight excluding hydrogens is 549 g/mol. The van der Waals surface area contributed by atoms with Crippen LogP contribution in [0.25, 0.3) is 6.08 Å². The average molecular weight is 565 g/mol. The van der Waals surface area contributed by atoms with Crippen molar-refractivity contribution in [1.82, 2.24) is 0 Å². The number of carbonyl (C=O) groups excluding carboxylic acids is 1. The number of halogens is 3. The van der Waals surface area contributed by atoms with E-state index in [2.05, 4.69) is 15.9 Å². The summed E-state index contributed by atoms with van der Waals surface area (Å²) >= 11 is 16.4. The summed E-state index contributed by atoms with van der Waals surface area (Å²) in [7, 11) is 1.53. The van der Waals surface area contributed by atoms with Crippen molar-refractivity contribution in [2.75, 3.05) is 12.0 Å². The molecule has 0 bridgehead atoms. The summed E-state index contributed by atoms with van der Waals surface area (Å²) < 4.78 is 25.2. The number of rotatable bonds is 6. The van der Waals surface area contributed by atoms with E-state index in [1.54, 1.807) is 36.4 Å². The van der Waals surface area contributed by atoms with Gasteiger partial charge in [0.25, 0.3) is 5.91 Å². The third-order valence-electron chi connectivity index (χ3n) is 4.75. The first kappa shape index (κ1) is 23.8. The zero-order chi connectivity index (χ0) is 23.5. The Morgan fingerprint density at radius 1 is 1.12 bits per heavy atom. The molecule has 0 spiro atoms. The fraction of sp³-hybridized carbons (Fsp3) is 0.0833. The van der Waals surface area contributed by atoms with Crippen molar-refractivity contribution in [2.24, 2.45) is 0 Å². The van der Waals surface area contributed by atoms with Crippen LogP contribution in [0.4, 0.5) is 10.1 Å². The highest BCUT2D eigenvalue weighted by Crippen LogP contribution is 2.39. The van der Waals surface area contributed by atoms with Gasteiger partial charge in [-0.3, -0.25) is 9.69 Å². The summed E-state index contributed by atoms with van der Waals surface area (Å²) in [5.74, 6) is 0.647. The van der Waals surface area contributed by atoms with Crippen LogP contribution in [-0.4, -0.2) is 17.3 Å². The van der Waals surface area contributed by atoms with Gasteiger partial charge in [-0.25, -0.2) is 4.39 Å². The number of carbonyl (C=O) groups is 1. The van der Waals surface area contributed by atoms with Gasteiger partial charge in [0.1, 0.15) is 23.9 Å². The lowest BCUT2D eigenvalue weighted by Gasteiger charge is -2.15. The van der Waals surface area contributed by atoms with Crippen LogP contribution in [0.2, 0.25) is 5.02 Å². The molecule has 0 saturated carbocycles. The molecule has 0 unspecified atom stereocenters. The molecule has 168 valence electrons. The quantitative estimate of drug-likeness (QED) is 0.233. The van der Waals surface area contributed by atoms with Crippen molar-refractivity contribution in [3.63, 3.8) is 0 Å². The zero-order valence-electron chi connectivity index (χ0n) is 17.2. The summed E-state index contributed by atoms with van der Waals surface area (Å²) in [5, 5.41) is 0.396. The van der Waals surface area contributed by atoms with Crippen LogP contribution in [0.3, 0.4) is 0 Å². The maximum absolute atomic E-state index is 13.0. The molecule has 33 heavy (non-hydrogen) atoms. The summed E-state index contributed by atoms with van der Waals surface area (Å²) in [6.45, 7) is 0.307. The number of benzene rings is 3. The second kappa shape index (κ2) is 10.3. The first-order valence-electron chi connectivity index (χ1n) is 9.64. The summed E-state index contributed by atoms with van der Waals surface area (Å²) in [5.41, 5.74) is 2.25. The van der Waals surface area contributed by atoms with Gasteiger partial charge in [0.15, 0.2) is 4.32 Å². The Hall–Kier alpha value is -2.39. The van der Waals surface area contributed by atoms with Gasteiger partial charge in [-0.1, -0.05) is 53.8 Å². The van der Waals surface area contributed by atoms with Gasteiger partial charge >= 0.3 is 0 Å². The molecule has 0 radical (unpaired) electrons. The molecule has 9 heteroatoms. The first-order chi connectivity index (χ1) is 15.9. The highest BCUT2D eigenvalue weighted by Gasteiger charge is 2.33. The fourth-order valence-corrected chi connectivity index (χ4v) is 5.16. The number of thiocarbonyl (C=S) groups is 1.